The number of anilines is 1. The van der Waals surface area contributed by atoms with Gasteiger partial charge in [0.1, 0.15) is 10.9 Å². The fraction of sp³-hybridized carbons (Fsp3) is 0.667. The van der Waals surface area contributed by atoms with E-state index in [9.17, 15) is 14.4 Å². The average molecular weight is 503 g/mol. The van der Waals surface area contributed by atoms with Crippen LogP contribution < -0.4 is 4.90 Å². The summed E-state index contributed by atoms with van der Waals surface area (Å²) < 4.78 is 10.9. The molecule has 1 aromatic rings. The Morgan fingerprint density at radius 3 is 2.54 bits per heavy atom. The smallest absolute Gasteiger partial charge is 0.350 e. The van der Waals surface area contributed by atoms with Crippen molar-refractivity contribution in [3.05, 3.63) is 15.8 Å². The molecule has 2 aliphatic rings. The normalized spacial score (nSPS) is 23.2. The van der Waals surface area contributed by atoms with E-state index in [2.05, 4.69) is 18.8 Å². The number of methoxy groups -OCH3 is 1. The molecular weight excluding hydrogens is 464 g/mol. The molecule has 2 heterocycles. The number of hydrogen-bond acceptors (Lipinski definition) is 6. The Labute approximate surface area is 213 Å². The van der Waals surface area contributed by atoms with Crippen molar-refractivity contribution in [1.82, 2.24) is 4.90 Å². The predicted molar refractivity (Wildman–Crippen MR) is 137 cm³/mol. The highest BCUT2D eigenvalue weighted by molar-refractivity contribution is 7.15. The van der Waals surface area contributed by atoms with Gasteiger partial charge in [0.15, 0.2) is 0 Å². The molecule has 1 aliphatic carbocycles. The van der Waals surface area contributed by atoms with Crippen LogP contribution in [-0.4, -0.2) is 62.1 Å². The Balaban J connectivity index is 2.12. The van der Waals surface area contributed by atoms with Crippen LogP contribution in [0.2, 0.25) is 0 Å². The number of esters is 1. The van der Waals surface area contributed by atoms with E-state index in [1.54, 1.807) is 11.0 Å². The third kappa shape index (κ3) is 6.65. The molecular formula is C27H38N2O5S. The lowest BCUT2D eigenvalue weighted by atomic mass is 9.82. The molecule has 1 aliphatic heterocycles. The summed E-state index contributed by atoms with van der Waals surface area (Å²) in [6.07, 6.45) is 3.47. The summed E-state index contributed by atoms with van der Waals surface area (Å²) in [6.45, 7) is 11.7. The standard InChI is InChI=1S/C27H38N2O5S/c1-7-28-14-15-34-17-22(25(28)31)29(24(30)19-10-8-18(2)9-11-19)21-16-20(12-13-27(3,4)5)35-23(21)26(32)33-6/h16,18-19,22H,7-11,14-15,17H2,1-6H3/t18?,19?,22-/m1/s1. The molecule has 8 heteroatoms. The fourth-order valence-electron chi connectivity index (χ4n) is 4.51. The molecule has 2 fully saturated rings. The number of ether oxygens (including phenoxy) is 2. The Bertz CT molecular complexity index is 991. The third-order valence-corrected chi connectivity index (χ3v) is 7.60. The summed E-state index contributed by atoms with van der Waals surface area (Å²) in [6, 6.07) is 0.915. The summed E-state index contributed by atoms with van der Waals surface area (Å²) in [5.74, 6) is 5.88. The maximum absolute atomic E-state index is 14.1. The Kier molecular flexibility index (Phi) is 9.00. The van der Waals surface area contributed by atoms with Crippen molar-refractivity contribution in [2.24, 2.45) is 17.3 Å². The first-order chi connectivity index (χ1) is 16.6. The first-order valence-electron chi connectivity index (χ1n) is 12.5. The lowest BCUT2D eigenvalue weighted by molar-refractivity contribution is -0.134. The van der Waals surface area contributed by atoms with Gasteiger partial charge in [-0.1, -0.05) is 18.8 Å². The predicted octanol–water partition coefficient (Wildman–Crippen LogP) is 4.34. The number of amides is 2. The highest BCUT2D eigenvalue weighted by Crippen LogP contribution is 2.37. The maximum Gasteiger partial charge on any atom is 0.350 e. The van der Waals surface area contributed by atoms with Crippen LogP contribution >= 0.6 is 11.3 Å². The lowest BCUT2D eigenvalue weighted by Crippen LogP contribution is -2.54. The largest absolute Gasteiger partial charge is 0.465 e. The first kappa shape index (κ1) is 27.2. The van der Waals surface area contributed by atoms with Crippen LogP contribution in [0.5, 0.6) is 0 Å². The minimum Gasteiger partial charge on any atom is -0.465 e. The van der Waals surface area contributed by atoms with Crippen LogP contribution in [0, 0.1) is 29.1 Å². The van der Waals surface area contributed by atoms with Crippen LogP contribution in [-0.2, 0) is 19.1 Å². The van der Waals surface area contributed by atoms with E-state index in [0.717, 1.165) is 25.7 Å². The van der Waals surface area contributed by atoms with Gasteiger partial charge in [-0.25, -0.2) is 4.79 Å². The van der Waals surface area contributed by atoms with Crippen molar-refractivity contribution in [2.45, 2.75) is 66.3 Å². The van der Waals surface area contributed by atoms with Gasteiger partial charge >= 0.3 is 5.97 Å². The lowest BCUT2D eigenvalue weighted by Gasteiger charge is -2.36. The van der Waals surface area contributed by atoms with E-state index in [-0.39, 0.29) is 34.6 Å². The molecule has 192 valence electrons. The molecule has 2 amide bonds. The highest BCUT2D eigenvalue weighted by Gasteiger charge is 2.41. The van der Waals surface area contributed by atoms with E-state index in [1.807, 2.05) is 27.7 Å². The summed E-state index contributed by atoms with van der Waals surface area (Å²) in [5.41, 5.74) is 0.167. The molecule has 1 saturated heterocycles. The molecule has 0 unspecified atom stereocenters. The van der Waals surface area contributed by atoms with E-state index in [1.165, 1.54) is 23.3 Å². The minimum atomic E-state index is -0.842. The van der Waals surface area contributed by atoms with Gasteiger partial charge in [-0.2, -0.15) is 0 Å². The van der Waals surface area contributed by atoms with Crippen LogP contribution in [0.25, 0.3) is 0 Å². The molecule has 0 bridgehead atoms. The molecule has 35 heavy (non-hydrogen) atoms. The van der Waals surface area contributed by atoms with Crippen molar-refractivity contribution in [1.29, 1.82) is 0 Å². The molecule has 3 rings (SSSR count). The van der Waals surface area contributed by atoms with Crippen LogP contribution in [0.15, 0.2) is 6.07 Å². The van der Waals surface area contributed by atoms with E-state index >= 15 is 0 Å². The monoisotopic (exact) mass is 502 g/mol. The molecule has 0 aromatic carbocycles. The second-order valence-electron chi connectivity index (χ2n) is 10.5. The van der Waals surface area contributed by atoms with Gasteiger partial charge in [0.25, 0.3) is 0 Å². The van der Waals surface area contributed by atoms with Crippen molar-refractivity contribution < 1.29 is 23.9 Å². The number of hydrogen-bond donors (Lipinski definition) is 0. The van der Waals surface area contributed by atoms with Crippen molar-refractivity contribution >= 4 is 34.8 Å². The first-order valence-corrected chi connectivity index (χ1v) is 13.3. The maximum atomic E-state index is 14.1. The van der Waals surface area contributed by atoms with Crippen LogP contribution in [0.1, 0.15) is 74.9 Å². The molecule has 7 nitrogen and oxygen atoms in total. The fourth-order valence-corrected chi connectivity index (χ4v) is 5.44. The summed E-state index contributed by atoms with van der Waals surface area (Å²) in [4.78, 5) is 44.6. The van der Waals surface area contributed by atoms with Gasteiger partial charge in [0.05, 0.1) is 30.9 Å². The average Bonchev–Trinajstić information content (AvgIpc) is 3.15. The highest BCUT2D eigenvalue weighted by atomic mass is 32.1. The second kappa shape index (κ2) is 11.6. The SMILES string of the molecule is CCN1CCOC[C@@H](N(C(=O)C2CCC(C)CC2)c2cc(C#CC(C)(C)C)sc2C(=O)OC)C1=O. The third-order valence-electron chi connectivity index (χ3n) is 6.58. The number of carbonyl (C=O) groups is 3. The van der Waals surface area contributed by atoms with Crippen LogP contribution in [0.3, 0.4) is 0 Å². The molecule has 1 saturated carbocycles. The zero-order chi connectivity index (χ0) is 25.8. The minimum absolute atomic E-state index is 0.0870. The van der Waals surface area contributed by atoms with Gasteiger partial charge in [-0.3, -0.25) is 14.5 Å². The number of likely N-dealkylation sites (N-methyl/N-ethyl adjacent to an activating group) is 1. The van der Waals surface area contributed by atoms with Gasteiger partial charge < -0.3 is 14.4 Å². The van der Waals surface area contributed by atoms with Crippen LogP contribution in [0.4, 0.5) is 5.69 Å². The molecule has 0 radical (unpaired) electrons. The topological polar surface area (TPSA) is 76.2 Å². The van der Waals surface area contributed by atoms with E-state index in [0.29, 0.717) is 36.2 Å². The Hall–Kier alpha value is -2.37. The number of carbonyl (C=O) groups excluding carboxylic acids is 3. The Morgan fingerprint density at radius 1 is 1.26 bits per heavy atom. The molecule has 1 aromatic heterocycles. The van der Waals surface area contributed by atoms with Gasteiger partial charge in [-0.05, 0) is 65.4 Å². The molecule has 0 spiro atoms. The summed E-state index contributed by atoms with van der Waals surface area (Å²) in [7, 11) is 1.32. The second-order valence-corrected chi connectivity index (χ2v) is 11.5. The zero-order valence-corrected chi connectivity index (χ0v) is 22.6. The quantitative estimate of drug-likeness (QED) is 0.442. The van der Waals surface area contributed by atoms with Gasteiger partial charge in [-0.15, -0.1) is 11.3 Å². The number of nitrogens with zero attached hydrogens (tertiary/aromatic N) is 2. The van der Waals surface area contributed by atoms with E-state index in [4.69, 9.17) is 9.47 Å². The summed E-state index contributed by atoms with van der Waals surface area (Å²) >= 11 is 1.19. The van der Waals surface area contributed by atoms with Gasteiger partial charge in [0, 0.05) is 24.4 Å². The molecule has 1 atom stereocenters. The number of thiophene rings is 1. The van der Waals surface area contributed by atoms with Crippen molar-refractivity contribution in [3.63, 3.8) is 0 Å². The molecule has 0 N–H and O–H groups in total. The van der Waals surface area contributed by atoms with Gasteiger partial charge in [0.2, 0.25) is 11.8 Å². The Morgan fingerprint density at radius 2 is 1.94 bits per heavy atom. The zero-order valence-electron chi connectivity index (χ0n) is 21.8. The van der Waals surface area contributed by atoms with Crippen molar-refractivity contribution in [3.8, 4) is 11.8 Å². The van der Waals surface area contributed by atoms with Crippen molar-refractivity contribution in [2.75, 3.05) is 38.3 Å². The number of rotatable bonds is 5. The summed E-state index contributed by atoms with van der Waals surface area (Å²) in [5, 5.41) is 0. The van der Waals surface area contributed by atoms with E-state index < -0.39 is 12.0 Å².